The van der Waals surface area contributed by atoms with Gasteiger partial charge in [0, 0.05) is 18.5 Å². The highest BCUT2D eigenvalue weighted by atomic mass is 19.3. The Morgan fingerprint density at radius 2 is 2.11 bits per heavy atom. The van der Waals surface area contributed by atoms with Crippen molar-refractivity contribution in [3.05, 3.63) is 29.6 Å². The van der Waals surface area contributed by atoms with Gasteiger partial charge in [0.1, 0.15) is 17.7 Å². The molecular weight excluding hydrogens is 269 g/mol. The molecule has 0 radical (unpaired) electrons. The third-order valence-corrected chi connectivity index (χ3v) is 2.82. The van der Waals surface area contributed by atoms with Crippen molar-refractivity contribution in [3.63, 3.8) is 0 Å². The maximum absolute atomic E-state index is 12.9. The minimum atomic E-state index is -4.06. The molecule has 1 unspecified atom stereocenters. The van der Waals surface area contributed by atoms with Crippen molar-refractivity contribution >= 4 is 0 Å². The fourth-order valence-electron chi connectivity index (χ4n) is 1.88. The minimum Gasteiger partial charge on any atom is -0.488 e. The largest absolute Gasteiger partial charge is 0.488 e. The summed E-state index contributed by atoms with van der Waals surface area (Å²) in [6, 6.07) is 4.00. The van der Waals surface area contributed by atoms with E-state index in [0.29, 0.717) is 17.7 Å². The van der Waals surface area contributed by atoms with Gasteiger partial charge in [-0.1, -0.05) is 0 Å². The standard InChI is InChI=1S/C12H12F5NO/c13-8-1-2-10-7(3-8)4-9(19-10)5-18-6-12(16,17)11(14)15/h1-3,9,11,18H,4-6H2. The van der Waals surface area contributed by atoms with Crippen molar-refractivity contribution in [1.29, 1.82) is 0 Å². The summed E-state index contributed by atoms with van der Waals surface area (Å²) in [4.78, 5) is 0. The molecule has 2 rings (SSSR count). The second-order valence-electron chi connectivity index (χ2n) is 4.39. The van der Waals surface area contributed by atoms with Gasteiger partial charge >= 0.3 is 12.3 Å². The highest BCUT2D eigenvalue weighted by molar-refractivity contribution is 5.37. The van der Waals surface area contributed by atoms with E-state index in [2.05, 4.69) is 5.32 Å². The summed E-state index contributed by atoms with van der Waals surface area (Å²) < 4.78 is 67.4. The summed E-state index contributed by atoms with van der Waals surface area (Å²) in [6.45, 7) is -1.12. The highest BCUT2D eigenvalue weighted by Crippen LogP contribution is 2.29. The van der Waals surface area contributed by atoms with E-state index in [4.69, 9.17) is 4.74 Å². The molecule has 1 aromatic rings. The Balaban J connectivity index is 1.81. The molecule has 1 atom stereocenters. The maximum Gasteiger partial charge on any atom is 0.319 e. The molecule has 1 aromatic carbocycles. The fraction of sp³-hybridized carbons (Fsp3) is 0.500. The number of rotatable bonds is 5. The lowest BCUT2D eigenvalue weighted by atomic mass is 10.1. The quantitative estimate of drug-likeness (QED) is 0.838. The molecule has 0 aromatic heterocycles. The number of nitrogens with one attached hydrogen (secondary N) is 1. The Kier molecular flexibility index (Phi) is 3.93. The topological polar surface area (TPSA) is 21.3 Å². The summed E-state index contributed by atoms with van der Waals surface area (Å²) in [5.74, 6) is -3.97. The van der Waals surface area contributed by atoms with Gasteiger partial charge in [-0.05, 0) is 18.2 Å². The SMILES string of the molecule is Fc1ccc2c(c1)CC(CNCC(F)(F)C(F)F)O2. The second-order valence-corrected chi connectivity index (χ2v) is 4.39. The normalized spacial score (nSPS) is 18.5. The molecule has 7 heteroatoms. The van der Waals surface area contributed by atoms with Crippen molar-refractivity contribution in [2.24, 2.45) is 0 Å². The fourth-order valence-corrected chi connectivity index (χ4v) is 1.88. The predicted octanol–water partition coefficient (Wildman–Crippen LogP) is 2.62. The van der Waals surface area contributed by atoms with Crippen molar-refractivity contribution in [1.82, 2.24) is 5.32 Å². The highest BCUT2D eigenvalue weighted by Gasteiger charge is 2.40. The molecule has 1 aliphatic rings. The lowest BCUT2D eigenvalue weighted by Gasteiger charge is -2.17. The van der Waals surface area contributed by atoms with E-state index in [1.54, 1.807) is 0 Å². The Morgan fingerprint density at radius 1 is 1.37 bits per heavy atom. The summed E-state index contributed by atoms with van der Waals surface area (Å²) in [7, 11) is 0. The Morgan fingerprint density at radius 3 is 2.79 bits per heavy atom. The van der Waals surface area contributed by atoms with Crippen LogP contribution >= 0.6 is 0 Å². The number of hydrogen-bond acceptors (Lipinski definition) is 2. The van der Waals surface area contributed by atoms with Crippen molar-refractivity contribution in [2.75, 3.05) is 13.1 Å². The number of benzene rings is 1. The van der Waals surface area contributed by atoms with Crippen LogP contribution in [0.5, 0.6) is 5.75 Å². The second kappa shape index (κ2) is 5.32. The average Bonchev–Trinajstić information content (AvgIpc) is 2.70. The molecule has 0 amide bonds. The number of alkyl halides is 4. The van der Waals surface area contributed by atoms with Crippen LogP contribution in [0.2, 0.25) is 0 Å². The van der Waals surface area contributed by atoms with E-state index in [1.807, 2.05) is 0 Å². The van der Waals surface area contributed by atoms with E-state index in [-0.39, 0.29) is 6.54 Å². The van der Waals surface area contributed by atoms with Crippen LogP contribution in [0, 0.1) is 5.82 Å². The maximum atomic E-state index is 12.9. The molecule has 1 heterocycles. The van der Waals surface area contributed by atoms with E-state index in [1.165, 1.54) is 18.2 Å². The first-order valence-corrected chi connectivity index (χ1v) is 5.70. The third-order valence-electron chi connectivity index (χ3n) is 2.82. The van der Waals surface area contributed by atoms with E-state index >= 15 is 0 Å². The van der Waals surface area contributed by atoms with Gasteiger partial charge in [0.05, 0.1) is 6.54 Å². The summed E-state index contributed by atoms with van der Waals surface area (Å²) >= 11 is 0. The summed E-state index contributed by atoms with van der Waals surface area (Å²) in [5, 5.41) is 2.25. The van der Waals surface area contributed by atoms with Crippen LogP contribution in [0.1, 0.15) is 5.56 Å². The van der Waals surface area contributed by atoms with Gasteiger partial charge in [0.2, 0.25) is 0 Å². The molecule has 0 saturated carbocycles. The lowest BCUT2D eigenvalue weighted by molar-refractivity contribution is -0.125. The van der Waals surface area contributed by atoms with Gasteiger partial charge in [0.15, 0.2) is 0 Å². The van der Waals surface area contributed by atoms with Crippen LogP contribution in [0.4, 0.5) is 22.0 Å². The van der Waals surface area contributed by atoms with Crippen LogP contribution in [-0.4, -0.2) is 31.5 Å². The molecular formula is C12H12F5NO. The van der Waals surface area contributed by atoms with Crippen LogP contribution in [0.15, 0.2) is 18.2 Å². The first-order valence-electron chi connectivity index (χ1n) is 5.70. The lowest BCUT2D eigenvalue weighted by Crippen LogP contribution is -2.42. The van der Waals surface area contributed by atoms with Gasteiger partial charge < -0.3 is 10.1 Å². The zero-order chi connectivity index (χ0) is 14.0. The first-order chi connectivity index (χ1) is 8.88. The van der Waals surface area contributed by atoms with Crippen LogP contribution in [0.25, 0.3) is 0 Å². The Labute approximate surface area is 106 Å². The van der Waals surface area contributed by atoms with Crippen molar-refractivity contribution in [3.8, 4) is 5.75 Å². The van der Waals surface area contributed by atoms with Gasteiger partial charge in [-0.3, -0.25) is 0 Å². The van der Waals surface area contributed by atoms with Gasteiger partial charge in [-0.25, -0.2) is 13.2 Å². The van der Waals surface area contributed by atoms with E-state index < -0.39 is 30.8 Å². The molecule has 19 heavy (non-hydrogen) atoms. The molecule has 0 aliphatic carbocycles. The number of halogens is 5. The molecule has 0 bridgehead atoms. The zero-order valence-electron chi connectivity index (χ0n) is 9.81. The molecule has 2 nitrogen and oxygen atoms in total. The predicted molar refractivity (Wildman–Crippen MR) is 58.3 cm³/mol. The van der Waals surface area contributed by atoms with Crippen molar-refractivity contribution < 1.29 is 26.7 Å². The molecule has 0 fully saturated rings. The van der Waals surface area contributed by atoms with Crippen LogP contribution in [-0.2, 0) is 6.42 Å². The number of hydrogen-bond donors (Lipinski definition) is 1. The minimum absolute atomic E-state index is 0.00138. The number of fused-ring (bicyclic) bond motifs is 1. The smallest absolute Gasteiger partial charge is 0.319 e. The summed E-state index contributed by atoms with van der Waals surface area (Å²) in [6.07, 6.45) is -3.79. The molecule has 1 aliphatic heterocycles. The van der Waals surface area contributed by atoms with Gasteiger partial charge in [-0.2, -0.15) is 8.78 Å². The number of ether oxygens (including phenoxy) is 1. The third kappa shape index (κ3) is 3.34. The average molecular weight is 281 g/mol. The van der Waals surface area contributed by atoms with Gasteiger partial charge in [0.25, 0.3) is 0 Å². The summed E-state index contributed by atoms with van der Waals surface area (Å²) in [5.41, 5.74) is 0.646. The van der Waals surface area contributed by atoms with Crippen LogP contribution < -0.4 is 10.1 Å². The Hall–Kier alpha value is -1.37. The molecule has 0 spiro atoms. The zero-order valence-corrected chi connectivity index (χ0v) is 9.81. The molecule has 0 saturated heterocycles. The van der Waals surface area contributed by atoms with E-state index in [0.717, 1.165) is 0 Å². The van der Waals surface area contributed by atoms with Crippen molar-refractivity contribution in [2.45, 2.75) is 24.9 Å². The first kappa shape index (κ1) is 14.0. The van der Waals surface area contributed by atoms with Gasteiger partial charge in [-0.15, -0.1) is 0 Å². The molecule has 106 valence electrons. The Bertz CT molecular complexity index is 452. The monoisotopic (exact) mass is 281 g/mol. The van der Waals surface area contributed by atoms with E-state index in [9.17, 15) is 22.0 Å². The van der Waals surface area contributed by atoms with Crippen LogP contribution in [0.3, 0.4) is 0 Å². The molecule has 1 N–H and O–H groups in total.